The molecule has 0 saturated carbocycles. The van der Waals surface area contributed by atoms with Gasteiger partial charge in [-0.3, -0.25) is 4.68 Å². The van der Waals surface area contributed by atoms with Gasteiger partial charge in [-0.2, -0.15) is 5.10 Å². The quantitative estimate of drug-likeness (QED) is 0.291. The Labute approximate surface area is 210 Å². The standard InChI is InChI=1S/C21H23N9S.2C2H6/c1-12(2)30-7-5-15(28-30)17-13(3)16-18(24-10-14-9-22-11-25-14)26-19(27-21(16)31-17)20-23-6-8-29(20)4;2*1-2/h5-9,11-12H,10H2,1-4H3,(H,22,25)(H,24,26,27);2*1-2H3. The van der Waals surface area contributed by atoms with Crippen LogP contribution in [0.15, 0.2) is 37.2 Å². The molecule has 5 aromatic rings. The van der Waals surface area contributed by atoms with Crippen LogP contribution in [-0.2, 0) is 13.6 Å². The molecule has 35 heavy (non-hydrogen) atoms. The van der Waals surface area contributed by atoms with Gasteiger partial charge in [-0.25, -0.2) is 19.9 Å². The van der Waals surface area contributed by atoms with Gasteiger partial charge in [0.25, 0.3) is 0 Å². The number of anilines is 1. The Morgan fingerprint density at radius 2 is 1.89 bits per heavy atom. The fraction of sp³-hybridized carbons (Fsp3) is 0.400. The molecule has 0 aliphatic rings. The van der Waals surface area contributed by atoms with Gasteiger partial charge < -0.3 is 14.9 Å². The third-order valence-corrected chi connectivity index (χ3v) is 6.39. The highest BCUT2D eigenvalue weighted by Crippen LogP contribution is 2.40. The molecule has 186 valence electrons. The number of hydrogen-bond acceptors (Lipinski definition) is 7. The average molecular weight is 494 g/mol. The first-order chi connectivity index (χ1) is 17.0. The summed E-state index contributed by atoms with van der Waals surface area (Å²) in [7, 11) is 1.94. The zero-order chi connectivity index (χ0) is 25.5. The summed E-state index contributed by atoms with van der Waals surface area (Å²) in [6.45, 7) is 14.9. The number of nitrogens with zero attached hydrogens (tertiary/aromatic N) is 7. The summed E-state index contributed by atoms with van der Waals surface area (Å²) >= 11 is 1.63. The number of H-pyrrole nitrogens is 1. The summed E-state index contributed by atoms with van der Waals surface area (Å²) in [6.07, 6.45) is 9.14. The third kappa shape index (κ3) is 5.43. The van der Waals surface area contributed by atoms with Gasteiger partial charge in [-0.05, 0) is 32.4 Å². The molecular formula is C25H35N9S. The average Bonchev–Trinajstić information content (AvgIpc) is 3.67. The number of thiophene rings is 1. The van der Waals surface area contributed by atoms with Crippen molar-refractivity contribution in [2.75, 3.05) is 5.32 Å². The van der Waals surface area contributed by atoms with Crippen molar-refractivity contribution in [3.63, 3.8) is 0 Å². The number of aromatic nitrogens is 8. The van der Waals surface area contributed by atoms with Crippen molar-refractivity contribution in [1.29, 1.82) is 0 Å². The van der Waals surface area contributed by atoms with E-state index in [2.05, 4.69) is 47.1 Å². The van der Waals surface area contributed by atoms with Gasteiger partial charge in [0.1, 0.15) is 16.3 Å². The largest absolute Gasteiger partial charge is 0.364 e. The maximum Gasteiger partial charge on any atom is 0.199 e. The van der Waals surface area contributed by atoms with Gasteiger partial charge in [0, 0.05) is 37.9 Å². The predicted octanol–water partition coefficient (Wildman–Crippen LogP) is 6.23. The zero-order valence-electron chi connectivity index (χ0n) is 21.8. The fourth-order valence-electron chi connectivity index (χ4n) is 3.50. The van der Waals surface area contributed by atoms with E-state index in [1.54, 1.807) is 30.1 Å². The van der Waals surface area contributed by atoms with Crippen molar-refractivity contribution in [3.8, 4) is 22.2 Å². The molecule has 5 aromatic heterocycles. The van der Waals surface area contributed by atoms with E-state index in [9.17, 15) is 0 Å². The SMILES string of the molecule is CC.CC.Cc1c(-c2ccn(C(C)C)n2)sc2nc(-c3nccn3C)nc(NCc3cnc[nH]3)c12. The first kappa shape index (κ1) is 26.1. The number of aryl methyl sites for hydroxylation is 2. The van der Waals surface area contributed by atoms with E-state index in [-0.39, 0.29) is 0 Å². The summed E-state index contributed by atoms with van der Waals surface area (Å²) in [4.78, 5) is 23.4. The van der Waals surface area contributed by atoms with Crippen LogP contribution in [0.25, 0.3) is 32.4 Å². The smallest absolute Gasteiger partial charge is 0.199 e. The van der Waals surface area contributed by atoms with Crippen molar-refractivity contribution in [3.05, 3.63) is 48.4 Å². The van der Waals surface area contributed by atoms with E-state index < -0.39 is 0 Å². The van der Waals surface area contributed by atoms with E-state index in [1.165, 1.54) is 0 Å². The molecule has 0 bridgehead atoms. The monoisotopic (exact) mass is 493 g/mol. The molecule has 0 atom stereocenters. The topological polar surface area (TPSA) is 102 Å². The molecule has 5 rings (SSSR count). The van der Waals surface area contributed by atoms with Gasteiger partial charge >= 0.3 is 0 Å². The molecule has 0 unspecified atom stereocenters. The molecule has 10 heteroatoms. The van der Waals surface area contributed by atoms with Crippen LogP contribution in [0.5, 0.6) is 0 Å². The molecule has 0 aliphatic heterocycles. The predicted molar refractivity (Wildman–Crippen MR) is 145 cm³/mol. The lowest BCUT2D eigenvalue weighted by Crippen LogP contribution is -2.05. The van der Waals surface area contributed by atoms with Crippen molar-refractivity contribution >= 4 is 27.4 Å². The highest BCUT2D eigenvalue weighted by molar-refractivity contribution is 7.22. The summed E-state index contributed by atoms with van der Waals surface area (Å²) in [6, 6.07) is 2.37. The normalized spacial score (nSPS) is 10.7. The minimum Gasteiger partial charge on any atom is -0.364 e. The lowest BCUT2D eigenvalue weighted by Gasteiger charge is -2.09. The Balaban J connectivity index is 0.000000815. The van der Waals surface area contributed by atoms with Gasteiger partial charge in [0.15, 0.2) is 11.6 Å². The minimum atomic E-state index is 0.310. The van der Waals surface area contributed by atoms with Crippen molar-refractivity contribution in [1.82, 2.24) is 39.3 Å². The maximum absolute atomic E-state index is 4.86. The van der Waals surface area contributed by atoms with Crippen molar-refractivity contribution in [2.45, 2.75) is 61.1 Å². The van der Waals surface area contributed by atoms with Crippen LogP contribution in [0.4, 0.5) is 5.82 Å². The second kappa shape index (κ2) is 11.7. The molecule has 0 spiro atoms. The van der Waals surface area contributed by atoms with Crippen LogP contribution in [-0.4, -0.2) is 39.3 Å². The lowest BCUT2D eigenvalue weighted by molar-refractivity contribution is 0.534. The van der Waals surface area contributed by atoms with Crippen LogP contribution in [0.3, 0.4) is 0 Å². The summed E-state index contributed by atoms with van der Waals surface area (Å²) in [5.74, 6) is 2.09. The van der Waals surface area contributed by atoms with Crippen LogP contribution in [0, 0.1) is 6.92 Å². The molecular weight excluding hydrogens is 458 g/mol. The Kier molecular flexibility index (Phi) is 8.75. The molecule has 9 nitrogen and oxygen atoms in total. The number of fused-ring (bicyclic) bond motifs is 1. The number of nitrogens with one attached hydrogen (secondary N) is 2. The van der Waals surface area contributed by atoms with E-state index >= 15 is 0 Å². The Morgan fingerprint density at radius 3 is 2.49 bits per heavy atom. The molecule has 0 saturated heterocycles. The van der Waals surface area contributed by atoms with Crippen LogP contribution >= 0.6 is 11.3 Å². The van der Waals surface area contributed by atoms with Crippen molar-refractivity contribution < 1.29 is 0 Å². The van der Waals surface area contributed by atoms with Gasteiger partial charge in [0.05, 0.1) is 28.8 Å². The molecule has 0 amide bonds. The van der Waals surface area contributed by atoms with Gasteiger partial charge in [0.2, 0.25) is 0 Å². The summed E-state index contributed by atoms with van der Waals surface area (Å²) < 4.78 is 3.90. The Bertz CT molecular complexity index is 1340. The van der Waals surface area contributed by atoms with Crippen LogP contribution in [0.1, 0.15) is 58.8 Å². The van der Waals surface area contributed by atoms with Gasteiger partial charge in [-0.15, -0.1) is 11.3 Å². The third-order valence-electron chi connectivity index (χ3n) is 5.18. The fourth-order valence-corrected chi connectivity index (χ4v) is 4.65. The van der Waals surface area contributed by atoms with E-state index in [0.29, 0.717) is 18.4 Å². The highest BCUT2D eigenvalue weighted by atomic mass is 32.1. The number of rotatable bonds is 6. The molecule has 0 aromatic carbocycles. The van der Waals surface area contributed by atoms with Gasteiger partial charge in [-0.1, -0.05) is 27.7 Å². The summed E-state index contributed by atoms with van der Waals surface area (Å²) in [5, 5.41) is 9.24. The number of imidazole rings is 2. The Morgan fingerprint density at radius 1 is 1.11 bits per heavy atom. The first-order valence-corrected chi connectivity index (χ1v) is 12.9. The number of aromatic amines is 1. The number of hydrogen-bond donors (Lipinski definition) is 2. The minimum absolute atomic E-state index is 0.310. The highest BCUT2D eigenvalue weighted by Gasteiger charge is 2.21. The molecule has 5 heterocycles. The van der Waals surface area contributed by atoms with E-state index in [1.807, 2.05) is 56.4 Å². The maximum atomic E-state index is 4.86. The van der Waals surface area contributed by atoms with Crippen LogP contribution < -0.4 is 5.32 Å². The van der Waals surface area contributed by atoms with E-state index in [0.717, 1.165) is 43.7 Å². The van der Waals surface area contributed by atoms with Crippen LogP contribution in [0.2, 0.25) is 0 Å². The first-order valence-electron chi connectivity index (χ1n) is 12.1. The lowest BCUT2D eigenvalue weighted by atomic mass is 10.1. The molecule has 2 N–H and O–H groups in total. The molecule has 0 fully saturated rings. The second-order valence-corrected chi connectivity index (χ2v) is 8.70. The Hall–Kier alpha value is -3.53. The molecule has 0 aliphatic carbocycles. The zero-order valence-corrected chi connectivity index (χ0v) is 22.6. The summed E-state index contributed by atoms with van der Waals surface area (Å²) in [5.41, 5.74) is 3.05. The van der Waals surface area contributed by atoms with E-state index in [4.69, 9.17) is 15.1 Å². The molecule has 0 radical (unpaired) electrons. The van der Waals surface area contributed by atoms with Crippen molar-refractivity contribution in [2.24, 2.45) is 7.05 Å². The second-order valence-electron chi connectivity index (χ2n) is 7.70.